The number of imidazole rings is 1. The molecule has 0 saturated heterocycles. The summed E-state index contributed by atoms with van der Waals surface area (Å²) in [5, 5.41) is 9.50. The number of aromatic nitrogens is 4. The van der Waals surface area contributed by atoms with Gasteiger partial charge in [0.05, 0.1) is 6.33 Å². The van der Waals surface area contributed by atoms with Crippen LogP contribution in [0.2, 0.25) is 5.02 Å². The Kier molecular flexibility index (Phi) is 5.99. The highest BCUT2D eigenvalue weighted by Gasteiger charge is 2.23. The van der Waals surface area contributed by atoms with E-state index in [0.29, 0.717) is 28.2 Å². The van der Waals surface area contributed by atoms with E-state index in [0.717, 1.165) is 43.3 Å². The smallest absolute Gasteiger partial charge is 0.433 e. The van der Waals surface area contributed by atoms with Crippen LogP contribution in [0.25, 0.3) is 22.4 Å². The fourth-order valence-corrected chi connectivity index (χ4v) is 4.30. The van der Waals surface area contributed by atoms with Crippen molar-refractivity contribution < 1.29 is 9.90 Å². The Balaban J connectivity index is 1.79. The Morgan fingerprint density at radius 3 is 2.77 bits per heavy atom. The lowest BCUT2D eigenvalue weighted by atomic mass is 9.82. The maximum atomic E-state index is 11.0. The van der Waals surface area contributed by atoms with Gasteiger partial charge < -0.3 is 15.4 Å². The zero-order valence-corrected chi connectivity index (χ0v) is 17.7. The highest BCUT2D eigenvalue weighted by atomic mass is 35.5. The predicted octanol–water partition coefficient (Wildman–Crippen LogP) is 4.52. The number of carboxylic acid groups (broad SMARTS) is 1. The van der Waals surface area contributed by atoms with Gasteiger partial charge in [-0.3, -0.25) is 0 Å². The van der Waals surface area contributed by atoms with Gasteiger partial charge in [-0.25, -0.2) is 19.7 Å². The van der Waals surface area contributed by atoms with Crippen LogP contribution in [0, 0.1) is 11.8 Å². The van der Waals surface area contributed by atoms with Crippen LogP contribution in [-0.4, -0.2) is 36.6 Å². The summed E-state index contributed by atoms with van der Waals surface area (Å²) in [6.07, 6.45) is 6.93. The first-order valence-electron chi connectivity index (χ1n) is 10.1. The van der Waals surface area contributed by atoms with Crippen molar-refractivity contribution in [2.75, 3.05) is 0 Å². The SMILES string of the molecule is C=CC1CCC(Cn2cnc3nc(C(N)=NC(=O)O)nc(-c4cccc(Cl)c4)c32)CC1. The van der Waals surface area contributed by atoms with E-state index in [2.05, 4.69) is 37.2 Å². The van der Waals surface area contributed by atoms with Crippen molar-refractivity contribution in [2.24, 2.45) is 22.6 Å². The molecule has 0 radical (unpaired) electrons. The summed E-state index contributed by atoms with van der Waals surface area (Å²) in [6.45, 7) is 4.72. The second kappa shape index (κ2) is 8.85. The monoisotopic (exact) mass is 438 g/mol. The van der Waals surface area contributed by atoms with Crippen LogP contribution in [0.5, 0.6) is 0 Å². The third kappa shape index (κ3) is 4.59. The minimum atomic E-state index is -1.41. The number of aliphatic imine (C=N–C) groups is 1. The number of hydrogen-bond acceptors (Lipinski definition) is 4. The predicted molar refractivity (Wildman–Crippen MR) is 120 cm³/mol. The maximum Gasteiger partial charge on any atom is 0.433 e. The number of allylic oxidation sites excluding steroid dienone is 1. The number of nitrogens with zero attached hydrogens (tertiary/aromatic N) is 5. The van der Waals surface area contributed by atoms with Gasteiger partial charge in [0.2, 0.25) is 0 Å². The van der Waals surface area contributed by atoms with Crippen molar-refractivity contribution in [3.63, 3.8) is 0 Å². The molecule has 2 aromatic heterocycles. The number of halogens is 1. The van der Waals surface area contributed by atoms with Crippen LogP contribution in [-0.2, 0) is 6.54 Å². The van der Waals surface area contributed by atoms with Gasteiger partial charge in [0.15, 0.2) is 17.3 Å². The fraction of sp³-hybridized carbons (Fsp3) is 0.318. The highest BCUT2D eigenvalue weighted by Crippen LogP contribution is 2.33. The molecule has 1 saturated carbocycles. The van der Waals surface area contributed by atoms with Gasteiger partial charge in [0.1, 0.15) is 11.2 Å². The van der Waals surface area contributed by atoms with Crippen molar-refractivity contribution in [1.29, 1.82) is 0 Å². The fourth-order valence-electron chi connectivity index (χ4n) is 4.11. The molecule has 8 nitrogen and oxygen atoms in total. The van der Waals surface area contributed by atoms with Crippen LogP contribution in [0.4, 0.5) is 4.79 Å². The first-order chi connectivity index (χ1) is 14.9. The van der Waals surface area contributed by atoms with Gasteiger partial charge in [-0.1, -0.05) is 29.8 Å². The largest absolute Gasteiger partial charge is 0.463 e. The average Bonchev–Trinajstić information content (AvgIpc) is 3.16. The lowest BCUT2D eigenvalue weighted by Crippen LogP contribution is -2.20. The molecule has 0 bridgehead atoms. The van der Waals surface area contributed by atoms with Crippen molar-refractivity contribution >= 4 is 34.7 Å². The lowest BCUT2D eigenvalue weighted by Gasteiger charge is -2.27. The Morgan fingerprint density at radius 1 is 1.32 bits per heavy atom. The topological polar surface area (TPSA) is 119 Å². The summed E-state index contributed by atoms with van der Waals surface area (Å²) in [6, 6.07) is 7.29. The maximum absolute atomic E-state index is 11.0. The van der Waals surface area contributed by atoms with E-state index in [1.54, 1.807) is 18.5 Å². The number of amides is 1. The number of rotatable bonds is 5. The molecule has 0 aliphatic heterocycles. The number of fused-ring (bicyclic) bond motifs is 1. The molecule has 31 heavy (non-hydrogen) atoms. The van der Waals surface area contributed by atoms with Crippen LogP contribution in [0.3, 0.4) is 0 Å². The van der Waals surface area contributed by atoms with Crippen LogP contribution < -0.4 is 5.73 Å². The van der Waals surface area contributed by atoms with E-state index < -0.39 is 6.09 Å². The molecular weight excluding hydrogens is 416 g/mol. The number of hydrogen-bond donors (Lipinski definition) is 2. The molecule has 3 aromatic rings. The van der Waals surface area contributed by atoms with Crippen molar-refractivity contribution in [2.45, 2.75) is 32.2 Å². The molecule has 1 aliphatic carbocycles. The summed E-state index contributed by atoms with van der Waals surface area (Å²) in [4.78, 5) is 27.7. The molecule has 160 valence electrons. The van der Waals surface area contributed by atoms with Crippen molar-refractivity contribution in [3.8, 4) is 11.3 Å². The third-order valence-corrected chi connectivity index (χ3v) is 5.93. The summed E-state index contributed by atoms with van der Waals surface area (Å²) in [5.41, 5.74) is 8.37. The van der Waals surface area contributed by atoms with Crippen LogP contribution in [0.15, 0.2) is 48.2 Å². The summed E-state index contributed by atoms with van der Waals surface area (Å²) in [5.74, 6) is 0.857. The standard InChI is InChI=1S/C22H23ClN6O2/c1-2-13-6-8-14(9-7-13)11-29-12-25-20-18(29)17(15-4-3-5-16(23)10-15)26-21(28-20)19(24)27-22(30)31/h2-5,10,12-14H,1,6-9,11H2,(H2,24,27)(H,30,31). The molecular formula is C22H23ClN6O2. The van der Waals surface area contributed by atoms with Gasteiger partial charge >= 0.3 is 6.09 Å². The van der Waals surface area contributed by atoms with E-state index in [9.17, 15) is 4.79 Å². The second-order valence-electron chi connectivity index (χ2n) is 7.77. The first kappa shape index (κ1) is 21.0. The zero-order valence-electron chi connectivity index (χ0n) is 16.9. The molecule has 1 aliphatic rings. The lowest BCUT2D eigenvalue weighted by molar-refractivity contribution is 0.205. The van der Waals surface area contributed by atoms with Gasteiger partial charge in [-0.2, -0.15) is 4.99 Å². The minimum absolute atomic E-state index is 0.0154. The molecule has 1 fully saturated rings. The van der Waals surface area contributed by atoms with Crippen molar-refractivity contribution in [1.82, 2.24) is 19.5 Å². The summed E-state index contributed by atoms with van der Waals surface area (Å²) >= 11 is 6.21. The van der Waals surface area contributed by atoms with E-state index >= 15 is 0 Å². The van der Waals surface area contributed by atoms with Crippen molar-refractivity contribution in [3.05, 3.63) is 54.1 Å². The minimum Gasteiger partial charge on any atom is -0.463 e. The average molecular weight is 439 g/mol. The molecule has 9 heteroatoms. The molecule has 1 amide bonds. The third-order valence-electron chi connectivity index (χ3n) is 5.70. The number of nitrogens with two attached hydrogens (primary N) is 1. The summed E-state index contributed by atoms with van der Waals surface area (Å²) < 4.78 is 2.07. The molecule has 0 atom stereocenters. The van der Waals surface area contributed by atoms with E-state index in [-0.39, 0.29) is 11.7 Å². The van der Waals surface area contributed by atoms with E-state index in [4.69, 9.17) is 22.4 Å². The molecule has 2 heterocycles. The quantitative estimate of drug-likeness (QED) is 0.343. The Bertz CT molecular complexity index is 1160. The van der Waals surface area contributed by atoms with E-state index in [1.807, 2.05) is 12.1 Å². The number of carbonyl (C=O) groups is 1. The van der Waals surface area contributed by atoms with Gasteiger partial charge in [0, 0.05) is 17.1 Å². The summed E-state index contributed by atoms with van der Waals surface area (Å²) in [7, 11) is 0. The zero-order chi connectivity index (χ0) is 22.0. The molecule has 0 spiro atoms. The molecule has 1 aromatic carbocycles. The number of benzene rings is 1. The molecule has 3 N–H and O–H groups in total. The van der Waals surface area contributed by atoms with E-state index in [1.165, 1.54) is 0 Å². The van der Waals surface area contributed by atoms with Gasteiger partial charge in [-0.05, 0) is 49.7 Å². The first-order valence-corrected chi connectivity index (χ1v) is 10.5. The Labute approximate surface area is 184 Å². The second-order valence-corrected chi connectivity index (χ2v) is 8.21. The highest BCUT2D eigenvalue weighted by molar-refractivity contribution is 6.30. The number of amidine groups is 1. The molecule has 4 rings (SSSR count). The molecule has 0 unspecified atom stereocenters. The Morgan fingerprint density at radius 2 is 2.10 bits per heavy atom. The van der Waals surface area contributed by atoms with Crippen LogP contribution >= 0.6 is 11.6 Å². The van der Waals surface area contributed by atoms with Gasteiger partial charge in [-0.15, -0.1) is 6.58 Å². The van der Waals surface area contributed by atoms with Crippen LogP contribution in [0.1, 0.15) is 31.5 Å². The normalized spacial score (nSPS) is 19.5. The Hall–Kier alpha value is -3.26. The van der Waals surface area contributed by atoms with Gasteiger partial charge in [0.25, 0.3) is 0 Å².